The third-order valence-electron chi connectivity index (χ3n) is 3.61. The lowest BCUT2D eigenvalue weighted by atomic mass is 10.0. The average molecular weight is 287 g/mol. The second-order valence-electron chi connectivity index (χ2n) is 4.71. The Morgan fingerprint density at radius 2 is 2.00 bits per heavy atom. The topological polar surface area (TPSA) is 15.3 Å². The molecule has 0 spiro atoms. The molecule has 1 unspecified atom stereocenters. The largest absolute Gasteiger partial charge is 0.317 e. The molecule has 2 nitrogen and oxygen atoms in total. The van der Waals surface area contributed by atoms with E-state index in [2.05, 4.69) is 24.1 Å². The van der Waals surface area contributed by atoms with Crippen molar-refractivity contribution in [2.24, 2.45) is 0 Å². The van der Waals surface area contributed by atoms with Crippen LogP contribution in [-0.4, -0.2) is 37.6 Å². The lowest BCUT2D eigenvalue weighted by Crippen LogP contribution is -2.34. The molecule has 1 rings (SSSR count). The number of rotatable bonds is 8. The zero-order valence-electron chi connectivity index (χ0n) is 12.0. The number of likely N-dealkylation sites (N-methyl/N-ethyl adjacent to an activating group) is 1. The van der Waals surface area contributed by atoms with Gasteiger partial charge in [0.2, 0.25) is 0 Å². The molecule has 0 aliphatic carbocycles. The van der Waals surface area contributed by atoms with Crippen molar-refractivity contribution in [3.63, 3.8) is 0 Å². The zero-order valence-corrected chi connectivity index (χ0v) is 12.8. The van der Waals surface area contributed by atoms with Crippen molar-refractivity contribution < 1.29 is 4.39 Å². The summed E-state index contributed by atoms with van der Waals surface area (Å²) in [5.41, 5.74) is 0.614. The Morgan fingerprint density at radius 1 is 1.32 bits per heavy atom. The minimum atomic E-state index is -0.212. The first-order chi connectivity index (χ1) is 9.12. The van der Waals surface area contributed by atoms with Crippen molar-refractivity contribution in [2.45, 2.75) is 32.7 Å². The van der Waals surface area contributed by atoms with E-state index in [0.29, 0.717) is 17.0 Å². The molecule has 0 heterocycles. The first-order valence-electron chi connectivity index (χ1n) is 6.94. The molecule has 108 valence electrons. The highest BCUT2D eigenvalue weighted by Crippen LogP contribution is 2.21. The summed E-state index contributed by atoms with van der Waals surface area (Å²) in [5.74, 6) is -0.212. The van der Waals surface area contributed by atoms with E-state index in [9.17, 15) is 4.39 Å². The first-order valence-corrected chi connectivity index (χ1v) is 7.32. The summed E-state index contributed by atoms with van der Waals surface area (Å²) in [7, 11) is 1.92. The highest BCUT2D eigenvalue weighted by molar-refractivity contribution is 6.31. The van der Waals surface area contributed by atoms with Crippen LogP contribution in [0.3, 0.4) is 0 Å². The second-order valence-corrected chi connectivity index (χ2v) is 5.11. The van der Waals surface area contributed by atoms with Crippen molar-refractivity contribution in [1.29, 1.82) is 0 Å². The molecule has 4 heteroatoms. The minimum Gasteiger partial charge on any atom is -0.317 e. The average Bonchev–Trinajstić information content (AvgIpc) is 2.41. The van der Waals surface area contributed by atoms with E-state index in [0.717, 1.165) is 26.1 Å². The van der Waals surface area contributed by atoms with E-state index in [1.54, 1.807) is 12.1 Å². The molecular formula is C15H24ClFN2. The Labute approximate surface area is 120 Å². The van der Waals surface area contributed by atoms with Crippen LogP contribution in [0.15, 0.2) is 18.2 Å². The van der Waals surface area contributed by atoms with Gasteiger partial charge >= 0.3 is 0 Å². The smallest absolute Gasteiger partial charge is 0.127 e. The maximum Gasteiger partial charge on any atom is 0.127 e. The number of hydrogen-bond acceptors (Lipinski definition) is 2. The summed E-state index contributed by atoms with van der Waals surface area (Å²) < 4.78 is 13.8. The van der Waals surface area contributed by atoms with Crippen LogP contribution in [-0.2, 0) is 6.42 Å². The fraction of sp³-hybridized carbons (Fsp3) is 0.600. The van der Waals surface area contributed by atoms with Crippen molar-refractivity contribution in [3.8, 4) is 0 Å². The zero-order chi connectivity index (χ0) is 14.3. The van der Waals surface area contributed by atoms with Gasteiger partial charge in [0, 0.05) is 16.6 Å². The number of nitrogens with one attached hydrogen (secondary N) is 1. The van der Waals surface area contributed by atoms with E-state index in [1.807, 2.05) is 7.05 Å². The number of benzene rings is 1. The van der Waals surface area contributed by atoms with Gasteiger partial charge in [0.05, 0.1) is 0 Å². The Bertz CT molecular complexity index is 360. The van der Waals surface area contributed by atoms with Crippen molar-refractivity contribution in [2.75, 3.05) is 26.7 Å². The van der Waals surface area contributed by atoms with Crippen molar-refractivity contribution in [3.05, 3.63) is 34.6 Å². The Balaban J connectivity index is 2.61. The van der Waals surface area contributed by atoms with Gasteiger partial charge in [0.1, 0.15) is 5.82 Å². The Hall–Kier alpha value is -0.640. The van der Waals surface area contributed by atoms with Crippen LogP contribution < -0.4 is 5.32 Å². The molecule has 0 aliphatic heterocycles. The van der Waals surface area contributed by atoms with Crippen LogP contribution in [0.1, 0.15) is 25.8 Å². The third kappa shape index (κ3) is 5.09. The monoisotopic (exact) mass is 286 g/mol. The van der Waals surface area contributed by atoms with E-state index < -0.39 is 0 Å². The highest BCUT2D eigenvalue weighted by atomic mass is 35.5. The molecule has 0 bridgehead atoms. The summed E-state index contributed by atoms with van der Waals surface area (Å²) >= 11 is 6.07. The quantitative estimate of drug-likeness (QED) is 0.788. The summed E-state index contributed by atoms with van der Waals surface area (Å²) in [6.45, 7) is 7.43. The molecule has 0 saturated carbocycles. The fourth-order valence-corrected chi connectivity index (χ4v) is 2.44. The summed E-state index contributed by atoms with van der Waals surface area (Å²) in [6.07, 6.45) is 1.62. The predicted octanol–water partition coefficient (Wildman–Crippen LogP) is 3.34. The molecule has 1 aromatic rings. The van der Waals surface area contributed by atoms with Gasteiger partial charge in [-0.3, -0.25) is 0 Å². The van der Waals surface area contributed by atoms with Crippen molar-refractivity contribution in [1.82, 2.24) is 10.2 Å². The molecule has 0 fully saturated rings. The van der Waals surface area contributed by atoms with Gasteiger partial charge in [0.25, 0.3) is 0 Å². The van der Waals surface area contributed by atoms with Gasteiger partial charge < -0.3 is 10.2 Å². The lowest BCUT2D eigenvalue weighted by molar-refractivity contribution is 0.283. The van der Waals surface area contributed by atoms with Gasteiger partial charge in [-0.2, -0.15) is 0 Å². The standard InChI is InChI=1S/C15H24ClFN2/c1-4-19(5-2)10-9-12(18-3)11-13-14(16)7-6-8-15(13)17/h6-8,12,18H,4-5,9-11H2,1-3H3. The molecule has 1 aromatic carbocycles. The molecule has 0 radical (unpaired) electrons. The maximum absolute atomic E-state index is 13.8. The van der Waals surface area contributed by atoms with Gasteiger partial charge in [-0.15, -0.1) is 0 Å². The first kappa shape index (κ1) is 16.4. The predicted molar refractivity (Wildman–Crippen MR) is 80.4 cm³/mol. The van der Waals surface area contributed by atoms with Crippen molar-refractivity contribution >= 4 is 11.6 Å². The van der Waals surface area contributed by atoms with Gasteiger partial charge in [-0.05, 0) is 51.7 Å². The second kappa shape index (κ2) is 8.51. The molecule has 0 amide bonds. The van der Waals surface area contributed by atoms with E-state index in [-0.39, 0.29) is 11.9 Å². The molecule has 19 heavy (non-hydrogen) atoms. The number of nitrogens with zero attached hydrogens (tertiary/aromatic N) is 1. The van der Waals surface area contributed by atoms with Gasteiger partial charge in [0.15, 0.2) is 0 Å². The van der Waals surface area contributed by atoms with Gasteiger partial charge in [-0.25, -0.2) is 4.39 Å². The van der Waals surface area contributed by atoms with Crippen LogP contribution in [0, 0.1) is 5.82 Å². The van der Waals surface area contributed by atoms with Crippen LogP contribution in [0.2, 0.25) is 5.02 Å². The summed E-state index contributed by atoms with van der Waals surface area (Å²) in [4.78, 5) is 2.37. The van der Waals surface area contributed by atoms with E-state index >= 15 is 0 Å². The molecule has 0 aromatic heterocycles. The maximum atomic E-state index is 13.8. The number of hydrogen-bond donors (Lipinski definition) is 1. The van der Waals surface area contributed by atoms with Crippen LogP contribution >= 0.6 is 11.6 Å². The highest BCUT2D eigenvalue weighted by Gasteiger charge is 2.14. The van der Waals surface area contributed by atoms with E-state index in [1.165, 1.54) is 6.07 Å². The molecule has 1 N–H and O–H groups in total. The molecule has 1 atom stereocenters. The fourth-order valence-electron chi connectivity index (χ4n) is 2.20. The van der Waals surface area contributed by atoms with Crippen LogP contribution in [0.4, 0.5) is 4.39 Å². The van der Waals surface area contributed by atoms with E-state index in [4.69, 9.17) is 11.6 Å². The SMILES string of the molecule is CCN(CC)CCC(Cc1c(F)cccc1Cl)NC. The summed E-state index contributed by atoms with van der Waals surface area (Å²) in [6, 6.07) is 5.11. The minimum absolute atomic E-state index is 0.212. The molecular weight excluding hydrogens is 263 g/mol. The number of halogens is 2. The Kier molecular flexibility index (Phi) is 7.36. The molecule has 0 aliphatic rings. The van der Waals surface area contributed by atoms with Crippen LogP contribution in [0.5, 0.6) is 0 Å². The lowest BCUT2D eigenvalue weighted by Gasteiger charge is -2.23. The normalized spacial score (nSPS) is 12.9. The van der Waals surface area contributed by atoms with Crippen LogP contribution in [0.25, 0.3) is 0 Å². The Morgan fingerprint density at radius 3 is 2.53 bits per heavy atom. The van der Waals surface area contributed by atoms with Gasteiger partial charge in [-0.1, -0.05) is 31.5 Å². The summed E-state index contributed by atoms with van der Waals surface area (Å²) in [5, 5.41) is 3.77. The molecule has 0 saturated heterocycles. The third-order valence-corrected chi connectivity index (χ3v) is 3.96.